The molecule has 100 valence electrons. The van der Waals surface area contributed by atoms with Crippen molar-refractivity contribution in [3.63, 3.8) is 0 Å². The fourth-order valence-corrected chi connectivity index (χ4v) is 1.87. The number of aromatic hydroxyl groups is 1. The van der Waals surface area contributed by atoms with Crippen LogP contribution < -0.4 is 0 Å². The standard InChI is InChI=1S/C14H19FO3/c1-3-5-11-10(6-8-12(16)14(11)15)7-9-13(17)18-4-2/h6,8,16H,3-5,7,9H2,1-2H3. The lowest BCUT2D eigenvalue weighted by molar-refractivity contribution is -0.143. The lowest BCUT2D eigenvalue weighted by Crippen LogP contribution is -2.07. The van der Waals surface area contributed by atoms with Gasteiger partial charge in [0.25, 0.3) is 0 Å². The summed E-state index contributed by atoms with van der Waals surface area (Å²) in [6, 6.07) is 3.00. The molecular formula is C14H19FO3. The van der Waals surface area contributed by atoms with Gasteiger partial charge in [-0.25, -0.2) is 4.39 Å². The van der Waals surface area contributed by atoms with Crippen molar-refractivity contribution in [2.75, 3.05) is 6.61 Å². The fourth-order valence-electron chi connectivity index (χ4n) is 1.87. The third kappa shape index (κ3) is 3.72. The van der Waals surface area contributed by atoms with Crippen LogP contribution in [0.25, 0.3) is 0 Å². The molecule has 0 fully saturated rings. The van der Waals surface area contributed by atoms with Gasteiger partial charge >= 0.3 is 5.97 Å². The van der Waals surface area contributed by atoms with Crippen LogP contribution >= 0.6 is 0 Å². The van der Waals surface area contributed by atoms with Crippen LogP contribution in [0.1, 0.15) is 37.8 Å². The minimum atomic E-state index is -0.571. The van der Waals surface area contributed by atoms with Gasteiger partial charge in [0.2, 0.25) is 0 Å². The molecule has 0 heterocycles. The number of benzene rings is 1. The molecule has 4 heteroatoms. The second kappa shape index (κ2) is 6.99. The summed E-state index contributed by atoms with van der Waals surface area (Å²) in [5.74, 6) is -1.19. The van der Waals surface area contributed by atoms with Gasteiger partial charge in [0.05, 0.1) is 6.61 Å². The molecule has 0 spiro atoms. The summed E-state index contributed by atoms with van der Waals surface area (Å²) in [5, 5.41) is 9.35. The molecule has 18 heavy (non-hydrogen) atoms. The summed E-state index contributed by atoms with van der Waals surface area (Å²) >= 11 is 0. The second-order valence-electron chi connectivity index (χ2n) is 4.09. The highest BCUT2D eigenvalue weighted by molar-refractivity contribution is 5.69. The number of carbonyl (C=O) groups excluding carboxylic acids is 1. The summed E-state index contributed by atoms with van der Waals surface area (Å²) in [5.41, 5.74) is 1.27. The van der Waals surface area contributed by atoms with Gasteiger partial charge in [0.1, 0.15) is 0 Å². The molecule has 0 amide bonds. The van der Waals surface area contributed by atoms with Crippen LogP contribution in [0, 0.1) is 5.82 Å². The van der Waals surface area contributed by atoms with Crippen LogP contribution in [0.15, 0.2) is 12.1 Å². The van der Waals surface area contributed by atoms with Gasteiger partial charge in [-0.1, -0.05) is 19.4 Å². The van der Waals surface area contributed by atoms with E-state index < -0.39 is 5.82 Å². The minimum absolute atomic E-state index is 0.231. The van der Waals surface area contributed by atoms with Gasteiger partial charge in [-0.05, 0) is 37.0 Å². The SMILES string of the molecule is CCCc1c(CCC(=O)OCC)ccc(O)c1F. The molecular weight excluding hydrogens is 235 g/mol. The lowest BCUT2D eigenvalue weighted by atomic mass is 9.98. The summed E-state index contributed by atoms with van der Waals surface area (Å²) < 4.78 is 18.6. The number of rotatable bonds is 6. The first-order valence-electron chi connectivity index (χ1n) is 6.25. The zero-order valence-electron chi connectivity index (χ0n) is 10.8. The Hall–Kier alpha value is -1.58. The molecule has 0 bridgehead atoms. The smallest absolute Gasteiger partial charge is 0.306 e. The summed E-state index contributed by atoms with van der Waals surface area (Å²) in [6.45, 7) is 4.05. The number of halogens is 1. The van der Waals surface area contributed by atoms with E-state index in [1.54, 1.807) is 13.0 Å². The maximum atomic E-state index is 13.8. The van der Waals surface area contributed by atoms with Crippen molar-refractivity contribution in [1.82, 2.24) is 0 Å². The number of phenolic OH excluding ortho intramolecular Hbond substituents is 1. The molecule has 1 aromatic rings. The Balaban J connectivity index is 2.81. The van der Waals surface area contributed by atoms with Crippen LogP contribution in [-0.2, 0) is 22.4 Å². The number of hydrogen-bond donors (Lipinski definition) is 1. The number of carbonyl (C=O) groups is 1. The summed E-state index contributed by atoms with van der Waals surface area (Å²) in [4.78, 5) is 11.3. The number of hydrogen-bond acceptors (Lipinski definition) is 3. The van der Waals surface area contributed by atoms with Crippen molar-refractivity contribution in [3.05, 3.63) is 29.1 Å². The van der Waals surface area contributed by atoms with Gasteiger partial charge in [0, 0.05) is 6.42 Å². The zero-order chi connectivity index (χ0) is 13.5. The van der Waals surface area contributed by atoms with Gasteiger partial charge in [0.15, 0.2) is 11.6 Å². The topological polar surface area (TPSA) is 46.5 Å². The molecule has 0 saturated heterocycles. The number of esters is 1. The highest BCUT2D eigenvalue weighted by Crippen LogP contribution is 2.25. The largest absolute Gasteiger partial charge is 0.505 e. The highest BCUT2D eigenvalue weighted by atomic mass is 19.1. The van der Waals surface area contributed by atoms with E-state index in [2.05, 4.69) is 0 Å². The van der Waals surface area contributed by atoms with Crippen LogP contribution in [0.5, 0.6) is 5.75 Å². The second-order valence-corrected chi connectivity index (χ2v) is 4.09. The average Bonchev–Trinajstić information content (AvgIpc) is 2.34. The number of ether oxygens (including phenoxy) is 1. The van der Waals surface area contributed by atoms with E-state index in [0.717, 1.165) is 12.0 Å². The molecule has 0 aliphatic carbocycles. The molecule has 0 aliphatic rings. The van der Waals surface area contributed by atoms with Gasteiger partial charge in [-0.2, -0.15) is 0 Å². The van der Waals surface area contributed by atoms with Crippen molar-refractivity contribution in [3.8, 4) is 5.75 Å². The van der Waals surface area contributed by atoms with Crippen molar-refractivity contribution >= 4 is 5.97 Å². The predicted octanol–water partition coefficient (Wildman–Crippen LogP) is 2.98. The number of phenols is 1. The molecule has 0 saturated carbocycles. The Morgan fingerprint density at radius 2 is 2.06 bits per heavy atom. The summed E-state index contributed by atoms with van der Waals surface area (Å²) in [7, 11) is 0. The van der Waals surface area contributed by atoms with E-state index in [9.17, 15) is 14.3 Å². The van der Waals surface area contributed by atoms with E-state index in [1.165, 1.54) is 6.07 Å². The molecule has 1 aromatic carbocycles. The maximum absolute atomic E-state index is 13.8. The Kier molecular flexibility index (Phi) is 5.62. The highest BCUT2D eigenvalue weighted by Gasteiger charge is 2.13. The molecule has 0 radical (unpaired) electrons. The molecule has 0 atom stereocenters. The van der Waals surface area contributed by atoms with Crippen LogP contribution in [0.2, 0.25) is 0 Å². The van der Waals surface area contributed by atoms with Crippen molar-refractivity contribution in [2.45, 2.75) is 39.5 Å². The Morgan fingerprint density at radius 1 is 1.33 bits per heavy atom. The van der Waals surface area contributed by atoms with Crippen LogP contribution in [-0.4, -0.2) is 17.7 Å². The third-order valence-electron chi connectivity index (χ3n) is 2.72. The first kappa shape index (κ1) is 14.5. The van der Waals surface area contributed by atoms with E-state index in [1.807, 2.05) is 6.92 Å². The monoisotopic (exact) mass is 254 g/mol. The first-order chi connectivity index (χ1) is 8.60. The molecule has 1 N–H and O–H groups in total. The predicted molar refractivity (Wildman–Crippen MR) is 67.0 cm³/mol. The van der Waals surface area contributed by atoms with Crippen molar-refractivity contribution < 1.29 is 19.0 Å². The maximum Gasteiger partial charge on any atom is 0.306 e. The minimum Gasteiger partial charge on any atom is -0.505 e. The molecule has 0 aliphatic heterocycles. The molecule has 1 rings (SSSR count). The number of aryl methyl sites for hydroxylation is 1. The molecule has 0 unspecified atom stereocenters. The Bertz CT molecular complexity index is 416. The van der Waals surface area contributed by atoms with Crippen molar-refractivity contribution in [2.24, 2.45) is 0 Å². The van der Waals surface area contributed by atoms with Gasteiger partial charge < -0.3 is 9.84 Å². The molecule has 0 aromatic heterocycles. The van der Waals surface area contributed by atoms with E-state index >= 15 is 0 Å². The zero-order valence-corrected chi connectivity index (χ0v) is 10.8. The average molecular weight is 254 g/mol. The summed E-state index contributed by atoms with van der Waals surface area (Å²) in [6.07, 6.45) is 2.01. The lowest BCUT2D eigenvalue weighted by Gasteiger charge is -2.11. The van der Waals surface area contributed by atoms with Crippen LogP contribution in [0.4, 0.5) is 4.39 Å². The van der Waals surface area contributed by atoms with E-state index in [-0.39, 0.29) is 18.1 Å². The van der Waals surface area contributed by atoms with Gasteiger partial charge in [-0.3, -0.25) is 4.79 Å². The fraction of sp³-hybridized carbons (Fsp3) is 0.500. The first-order valence-corrected chi connectivity index (χ1v) is 6.25. The van der Waals surface area contributed by atoms with Gasteiger partial charge in [-0.15, -0.1) is 0 Å². The van der Waals surface area contributed by atoms with E-state index in [4.69, 9.17) is 4.74 Å². The quantitative estimate of drug-likeness (QED) is 0.794. The van der Waals surface area contributed by atoms with Crippen molar-refractivity contribution in [1.29, 1.82) is 0 Å². The Labute approximate surface area is 107 Å². The van der Waals surface area contributed by atoms with E-state index in [0.29, 0.717) is 25.0 Å². The normalized spacial score (nSPS) is 10.4. The third-order valence-corrected chi connectivity index (χ3v) is 2.72. The molecule has 3 nitrogen and oxygen atoms in total. The Morgan fingerprint density at radius 3 is 2.67 bits per heavy atom. The van der Waals surface area contributed by atoms with Crippen LogP contribution in [0.3, 0.4) is 0 Å².